The van der Waals surface area contributed by atoms with Crippen LogP contribution in [0.15, 0.2) is 12.4 Å². The monoisotopic (exact) mass is 210 g/mol. The molecule has 0 saturated heterocycles. The van der Waals surface area contributed by atoms with Crippen molar-refractivity contribution >= 4 is 0 Å². The van der Waals surface area contributed by atoms with Gasteiger partial charge in [-0.1, -0.05) is 0 Å². The Hall–Kier alpha value is -0.910. The molecule has 1 aromatic heterocycles. The van der Waals surface area contributed by atoms with Crippen molar-refractivity contribution in [1.29, 1.82) is 0 Å². The number of aromatic nitrogens is 2. The van der Waals surface area contributed by atoms with Crippen LogP contribution in [-0.2, 0) is 13.1 Å². The molecule has 1 aliphatic heterocycles. The van der Waals surface area contributed by atoms with Crippen molar-refractivity contribution in [3.8, 4) is 0 Å². The molecule has 5 nitrogen and oxygen atoms in total. The van der Waals surface area contributed by atoms with Crippen molar-refractivity contribution < 1.29 is 5.11 Å². The first-order valence-electron chi connectivity index (χ1n) is 5.40. The molecule has 1 aliphatic rings. The minimum Gasteiger partial charge on any atom is -0.392 e. The Bertz CT molecular complexity index is 312. The number of hydrogen-bond acceptors (Lipinski definition) is 4. The maximum Gasteiger partial charge on any atom is 0.122 e. The Labute approximate surface area is 89.5 Å². The second-order valence-electron chi connectivity index (χ2n) is 3.99. The van der Waals surface area contributed by atoms with Gasteiger partial charge < -0.3 is 15.4 Å². The topological polar surface area (TPSA) is 67.3 Å². The molecule has 0 amide bonds. The number of aliphatic hydroxyl groups excluding tert-OH is 1. The Morgan fingerprint density at radius 3 is 3.20 bits per heavy atom. The highest BCUT2D eigenvalue weighted by atomic mass is 16.3. The van der Waals surface area contributed by atoms with Crippen LogP contribution in [0.1, 0.15) is 12.2 Å². The van der Waals surface area contributed by atoms with E-state index in [0.29, 0.717) is 6.54 Å². The van der Waals surface area contributed by atoms with E-state index in [-0.39, 0.29) is 6.10 Å². The number of aliphatic hydroxyl groups is 1. The largest absolute Gasteiger partial charge is 0.392 e. The van der Waals surface area contributed by atoms with Gasteiger partial charge in [0.1, 0.15) is 5.82 Å². The molecule has 5 heteroatoms. The molecule has 84 valence electrons. The van der Waals surface area contributed by atoms with E-state index in [1.807, 2.05) is 12.4 Å². The fraction of sp³-hybridized carbons (Fsp3) is 0.700. The fourth-order valence-corrected chi connectivity index (χ4v) is 1.86. The molecule has 3 N–H and O–H groups in total. The van der Waals surface area contributed by atoms with Gasteiger partial charge in [-0.3, -0.25) is 4.90 Å². The minimum absolute atomic E-state index is 0.350. The smallest absolute Gasteiger partial charge is 0.122 e. The van der Waals surface area contributed by atoms with Gasteiger partial charge in [0.15, 0.2) is 0 Å². The third kappa shape index (κ3) is 2.56. The van der Waals surface area contributed by atoms with Crippen molar-refractivity contribution in [2.75, 3.05) is 19.6 Å². The summed E-state index contributed by atoms with van der Waals surface area (Å²) in [4.78, 5) is 6.60. The van der Waals surface area contributed by atoms with Crippen molar-refractivity contribution in [1.82, 2.24) is 14.5 Å². The zero-order valence-corrected chi connectivity index (χ0v) is 8.84. The summed E-state index contributed by atoms with van der Waals surface area (Å²) in [7, 11) is 0. The fourth-order valence-electron chi connectivity index (χ4n) is 1.86. The third-order valence-electron chi connectivity index (χ3n) is 2.87. The van der Waals surface area contributed by atoms with Gasteiger partial charge in [0.25, 0.3) is 0 Å². The van der Waals surface area contributed by atoms with Crippen LogP contribution in [0.5, 0.6) is 0 Å². The lowest BCUT2D eigenvalue weighted by Crippen LogP contribution is -2.36. The SMILES string of the molecule is NCC(O)CCN1CCn2ccnc2C1. The summed E-state index contributed by atoms with van der Waals surface area (Å²) in [6.07, 6.45) is 4.23. The van der Waals surface area contributed by atoms with Gasteiger partial charge in [0.05, 0.1) is 12.6 Å². The number of nitrogens with zero attached hydrogens (tertiary/aromatic N) is 3. The molecule has 0 fully saturated rings. The van der Waals surface area contributed by atoms with Gasteiger partial charge in [-0.15, -0.1) is 0 Å². The molecular formula is C10H18N4O. The van der Waals surface area contributed by atoms with Gasteiger partial charge in [0, 0.05) is 38.6 Å². The maximum atomic E-state index is 9.37. The molecular weight excluding hydrogens is 192 g/mol. The van der Waals surface area contributed by atoms with Crippen LogP contribution in [0, 0.1) is 0 Å². The van der Waals surface area contributed by atoms with Crippen LogP contribution in [0.2, 0.25) is 0 Å². The second-order valence-corrected chi connectivity index (χ2v) is 3.99. The predicted octanol–water partition coefficient (Wildman–Crippen LogP) is -0.592. The summed E-state index contributed by atoms with van der Waals surface area (Å²) in [5, 5.41) is 9.37. The molecule has 15 heavy (non-hydrogen) atoms. The molecule has 0 spiro atoms. The lowest BCUT2D eigenvalue weighted by Gasteiger charge is -2.28. The summed E-state index contributed by atoms with van der Waals surface area (Å²) in [6.45, 7) is 4.15. The third-order valence-corrected chi connectivity index (χ3v) is 2.87. The van der Waals surface area contributed by atoms with Crippen LogP contribution in [-0.4, -0.2) is 45.3 Å². The molecule has 0 saturated carbocycles. The van der Waals surface area contributed by atoms with E-state index in [1.54, 1.807) is 0 Å². The minimum atomic E-state index is -0.369. The predicted molar refractivity (Wildman–Crippen MR) is 57.2 cm³/mol. The lowest BCUT2D eigenvalue weighted by molar-refractivity contribution is 0.135. The van der Waals surface area contributed by atoms with E-state index in [9.17, 15) is 5.11 Å². The van der Waals surface area contributed by atoms with Crippen LogP contribution in [0.25, 0.3) is 0 Å². The first-order valence-corrected chi connectivity index (χ1v) is 5.40. The summed E-state index contributed by atoms with van der Waals surface area (Å²) in [5.74, 6) is 1.11. The van der Waals surface area contributed by atoms with Gasteiger partial charge in [-0.25, -0.2) is 4.98 Å². The Morgan fingerprint density at radius 1 is 1.53 bits per heavy atom. The molecule has 0 bridgehead atoms. The average Bonchev–Trinajstić information content (AvgIpc) is 2.72. The zero-order valence-electron chi connectivity index (χ0n) is 8.84. The number of fused-ring (bicyclic) bond motifs is 1. The number of nitrogens with two attached hydrogens (primary N) is 1. The Balaban J connectivity index is 1.82. The molecule has 2 heterocycles. The molecule has 0 aliphatic carbocycles. The summed E-state index contributed by atoms with van der Waals surface area (Å²) >= 11 is 0. The van der Waals surface area contributed by atoms with Crippen molar-refractivity contribution in [2.24, 2.45) is 5.73 Å². The Morgan fingerprint density at radius 2 is 2.40 bits per heavy atom. The van der Waals surface area contributed by atoms with E-state index in [0.717, 1.165) is 38.4 Å². The van der Waals surface area contributed by atoms with E-state index >= 15 is 0 Å². The van der Waals surface area contributed by atoms with Gasteiger partial charge in [0.2, 0.25) is 0 Å². The van der Waals surface area contributed by atoms with Crippen LogP contribution in [0.3, 0.4) is 0 Å². The second kappa shape index (κ2) is 4.74. The van der Waals surface area contributed by atoms with Gasteiger partial charge in [-0.05, 0) is 6.42 Å². The summed E-state index contributed by atoms with van der Waals surface area (Å²) < 4.78 is 2.18. The quantitative estimate of drug-likeness (QED) is 0.697. The molecule has 0 radical (unpaired) electrons. The molecule has 1 atom stereocenters. The zero-order chi connectivity index (χ0) is 10.7. The highest BCUT2D eigenvalue weighted by Crippen LogP contribution is 2.10. The van der Waals surface area contributed by atoms with E-state index < -0.39 is 0 Å². The normalized spacial score (nSPS) is 18.8. The van der Waals surface area contributed by atoms with Crippen molar-refractivity contribution in [2.45, 2.75) is 25.6 Å². The highest BCUT2D eigenvalue weighted by Gasteiger charge is 2.16. The average molecular weight is 210 g/mol. The maximum absolute atomic E-state index is 9.37. The van der Waals surface area contributed by atoms with Crippen LogP contribution >= 0.6 is 0 Å². The van der Waals surface area contributed by atoms with Crippen molar-refractivity contribution in [3.05, 3.63) is 18.2 Å². The van der Waals surface area contributed by atoms with E-state index in [1.165, 1.54) is 0 Å². The standard InChI is InChI=1S/C10H18N4O/c11-7-9(15)1-3-13-5-6-14-4-2-12-10(14)8-13/h2,4,9,15H,1,3,5-8,11H2. The number of imidazole rings is 1. The van der Waals surface area contributed by atoms with Crippen LogP contribution in [0.4, 0.5) is 0 Å². The number of hydrogen-bond donors (Lipinski definition) is 2. The first kappa shape index (κ1) is 10.6. The summed E-state index contributed by atoms with van der Waals surface area (Å²) in [6, 6.07) is 0. The first-order chi connectivity index (χ1) is 7.29. The molecule has 0 aromatic carbocycles. The highest BCUT2D eigenvalue weighted by molar-refractivity contribution is 4.95. The molecule has 2 rings (SSSR count). The summed E-state index contributed by atoms with van der Waals surface area (Å²) in [5.41, 5.74) is 5.36. The van der Waals surface area contributed by atoms with Gasteiger partial charge in [-0.2, -0.15) is 0 Å². The lowest BCUT2D eigenvalue weighted by atomic mass is 10.2. The molecule has 1 aromatic rings. The number of rotatable bonds is 4. The van der Waals surface area contributed by atoms with Crippen molar-refractivity contribution in [3.63, 3.8) is 0 Å². The van der Waals surface area contributed by atoms with Gasteiger partial charge >= 0.3 is 0 Å². The molecule has 1 unspecified atom stereocenters. The van der Waals surface area contributed by atoms with Crippen LogP contribution < -0.4 is 5.73 Å². The van der Waals surface area contributed by atoms with E-state index in [2.05, 4.69) is 14.5 Å². The Kier molecular flexibility index (Phi) is 3.35. The van der Waals surface area contributed by atoms with E-state index in [4.69, 9.17) is 5.73 Å².